The largest absolute Gasteiger partial charge is 0.497 e. The number of ether oxygens (including phenoxy) is 2. The lowest BCUT2D eigenvalue weighted by atomic mass is 10.1. The summed E-state index contributed by atoms with van der Waals surface area (Å²) in [5, 5.41) is 8.58. The van der Waals surface area contributed by atoms with Crippen LogP contribution in [0.4, 0.5) is 11.4 Å². The molecule has 3 N–H and O–H groups in total. The van der Waals surface area contributed by atoms with Gasteiger partial charge in [0.15, 0.2) is 0 Å². The van der Waals surface area contributed by atoms with Crippen molar-refractivity contribution >= 4 is 23.2 Å². The molecular formula is C22H23N3O5. The number of carbonyl (C=O) groups is 2. The summed E-state index contributed by atoms with van der Waals surface area (Å²) in [7, 11) is 3.07. The fourth-order valence-electron chi connectivity index (χ4n) is 2.78. The second-order valence-corrected chi connectivity index (χ2v) is 6.28. The van der Waals surface area contributed by atoms with Gasteiger partial charge < -0.3 is 29.8 Å². The number of rotatable bonds is 9. The minimum atomic E-state index is -0.288. The Hall–Kier alpha value is -3.94. The number of carbonyl (C=O) groups excluding carboxylic acids is 2. The Balaban J connectivity index is 1.60. The molecule has 0 radical (unpaired) electrons. The van der Waals surface area contributed by atoms with Gasteiger partial charge in [-0.2, -0.15) is 0 Å². The van der Waals surface area contributed by atoms with Crippen LogP contribution >= 0.6 is 0 Å². The fourth-order valence-corrected chi connectivity index (χ4v) is 2.78. The molecule has 0 spiro atoms. The molecule has 0 aliphatic carbocycles. The molecule has 0 saturated carbocycles. The van der Waals surface area contributed by atoms with Crippen molar-refractivity contribution in [3.8, 4) is 11.5 Å². The number of hydrogen-bond acceptors (Lipinski definition) is 6. The molecule has 1 aromatic heterocycles. The third kappa shape index (κ3) is 5.32. The van der Waals surface area contributed by atoms with Gasteiger partial charge >= 0.3 is 0 Å². The van der Waals surface area contributed by atoms with Gasteiger partial charge in [0, 0.05) is 11.8 Å². The van der Waals surface area contributed by atoms with Crippen LogP contribution in [0.15, 0.2) is 65.3 Å². The normalized spacial score (nSPS) is 10.2. The molecule has 3 aromatic rings. The zero-order chi connectivity index (χ0) is 21.3. The third-order valence-corrected chi connectivity index (χ3v) is 4.30. The van der Waals surface area contributed by atoms with Gasteiger partial charge in [0.25, 0.3) is 5.91 Å². The van der Waals surface area contributed by atoms with Crippen LogP contribution in [0.2, 0.25) is 0 Å². The van der Waals surface area contributed by atoms with Crippen molar-refractivity contribution in [2.75, 3.05) is 31.4 Å². The monoisotopic (exact) mass is 409 g/mol. The van der Waals surface area contributed by atoms with Crippen LogP contribution < -0.4 is 25.4 Å². The summed E-state index contributed by atoms with van der Waals surface area (Å²) in [4.78, 5) is 24.9. The first-order valence-corrected chi connectivity index (χ1v) is 9.26. The first-order valence-electron chi connectivity index (χ1n) is 9.26. The minimum absolute atomic E-state index is 0.0301. The van der Waals surface area contributed by atoms with Gasteiger partial charge in [-0.05, 0) is 36.4 Å². The summed E-state index contributed by atoms with van der Waals surface area (Å²) in [6.07, 6.45) is 1.55. The van der Waals surface area contributed by atoms with E-state index in [0.29, 0.717) is 34.2 Å². The second kappa shape index (κ2) is 10.0. The molecule has 2 amide bonds. The average Bonchev–Trinajstić information content (AvgIpc) is 3.30. The Bertz CT molecular complexity index is 1000. The van der Waals surface area contributed by atoms with E-state index < -0.39 is 0 Å². The highest BCUT2D eigenvalue weighted by Gasteiger charge is 2.13. The van der Waals surface area contributed by atoms with Gasteiger partial charge in [-0.25, -0.2) is 0 Å². The molecular weight excluding hydrogens is 386 g/mol. The van der Waals surface area contributed by atoms with Gasteiger partial charge in [0.05, 0.1) is 44.8 Å². The smallest absolute Gasteiger partial charge is 0.253 e. The van der Waals surface area contributed by atoms with E-state index in [2.05, 4.69) is 16.0 Å². The molecule has 0 atom stereocenters. The number of nitrogens with one attached hydrogen (secondary N) is 3. The molecule has 0 fully saturated rings. The molecule has 8 heteroatoms. The van der Waals surface area contributed by atoms with Crippen LogP contribution in [0.5, 0.6) is 11.5 Å². The summed E-state index contributed by atoms with van der Waals surface area (Å²) >= 11 is 0. The van der Waals surface area contributed by atoms with Gasteiger partial charge in [0.2, 0.25) is 5.91 Å². The quantitative estimate of drug-likeness (QED) is 0.501. The number of para-hydroxylation sites is 1. The Kier molecular flexibility index (Phi) is 6.94. The van der Waals surface area contributed by atoms with Crippen LogP contribution in [0.3, 0.4) is 0 Å². The number of hydrogen-bond donors (Lipinski definition) is 3. The Morgan fingerprint density at radius 1 is 0.967 bits per heavy atom. The summed E-state index contributed by atoms with van der Waals surface area (Å²) < 4.78 is 15.7. The molecule has 1 heterocycles. The molecule has 0 bridgehead atoms. The Morgan fingerprint density at radius 3 is 2.53 bits per heavy atom. The van der Waals surface area contributed by atoms with Crippen molar-refractivity contribution in [2.24, 2.45) is 0 Å². The summed E-state index contributed by atoms with van der Waals surface area (Å²) in [5.41, 5.74) is 1.50. The van der Waals surface area contributed by atoms with Crippen LogP contribution in [0.1, 0.15) is 16.1 Å². The highest BCUT2D eigenvalue weighted by atomic mass is 16.5. The van der Waals surface area contributed by atoms with E-state index in [1.165, 1.54) is 7.11 Å². The number of anilines is 2. The van der Waals surface area contributed by atoms with E-state index in [4.69, 9.17) is 13.9 Å². The van der Waals surface area contributed by atoms with Crippen molar-refractivity contribution in [1.82, 2.24) is 5.32 Å². The summed E-state index contributed by atoms with van der Waals surface area (Å²) in [5.74, 6) is 1.20. The van der Waals surface area contributed by atoms with Crippen LogP contribution in [0, 0.1) is 0 Å². The van der Waals surface area contributed by atoms with Gasteiger partial charge in [0.1, 0.15) is 17.3 Å². The maximum atomic E-state index is 12.5. The summed E-state index contributed by atoms with van der Waals surface area (Å²) in [6, 6.07) is 15.6. The lowest BCUT2D eigenvalue weighted by Gasteiger charge is -2.14. The highest BCUT2D eigenvalue weighted by molar-refractivity contribution is 6.01. The van der Waals surface area contributed by atoms with Crippen LogP contribution in [-0.4, -0.2) is 32.6 Å². The molecule has 156 valence electrons. The number of methoxy groups -OCH3 is 2. The van der Waals surface area contributed by atoms with Crippen molar-refractivity contribution in [3.05, 3.63) is 72.2 Å². The van der Waals surface area contributed by atoms with Gasteiger partial charge in [-0.15, -0.1) is 0 Å². The summed E-state index contributed by atoms with van der Waals surface area (Å²) in [6.45, 7) is 0.246. The van der Waals surface area contributed by atoms with E-state index in [1.807, 2.05) is 0 Å². The first-order chi connectivity index (χ1) is 14.6. The standard InChI is InChI=1S/C22H23N3O5/c1-28-15-9-10-19(20(12-15)29-2)25-21(26)14-23-18-8-4-3-7-17(18)22(27)24-13-16-6-5-11-30-16/h3-12,23H,13-14H2,1-2H3,(H,24,27)(H,25,26). The lowest BCUT2D eigenvalue weighted by molar-refractivity contribution is -0.114. The topological polar surface area (TPSA) is 102 Å². The van der Waals surface area contributed by atoms with Crippen molar-refractivity contribution in [3.63, 3.8) is 0 Å². The van der Waals surface area contributed by atoms with Crippen LogP contribution in [-0.2, 0) is 11.3 Å². The average molecular weight is 409 g/mol. The molecule has 0 aliphatic rings. The SMILES string of the molecule is COc1ccc(NC(=O)CNc2ccccc2C(=O)NCc2ccco2)c(OC)c1. The molecule has 0 aliphatic heterocycles. The third-order valence-electron chi connectivity index (χ3n) is 4.30. The zero-order valence-corrected chi connectivity index (χ0v) is 16.7. The molecule has 3 rings (SSSR count). The molecule has 2 aromatic carbocycles. The lowest BCUT2D eigenvalue weighted by Crippen LogP contribution is -2.26. The van der Waals surface area contributed by atoms with Crippen molar-refractivity contribution in [1.29, 1.82) is 0 Å². The Labute approximate surface area is 174 Å². The van der Waals surface area contributed by atoms with E-state index in [1.54, 1.807) is 68.0 Å². The zero-order valence-electron chi connectivity index (χ0n) is 16.7. The number of benzene rings is 2. The van der Waals surface area contributed by atoms with Crippen LogP contribution in [0.25, 0.3) is 0 Å². The van der Waals surface area contributed by atoms with Gasteiger partial charge in [-0.1, -0.05) is 12.1 Å². The van der Waals surface area contributed by atoms with Crippen molar-refractivity contribution in [2.45, 2.75) is 6.54 Å². The maximum Gasteiger partial charge on any atom is 0.253 e. The predicted octanol–water partition coefficient (Wildman–Crippen LogP) is 3.28. The van der Waals surface area contributed by atoms with Gasteiger partial charge in [-0.3, -0.25) is 9.59 Å². The molecule has 8 nitrogen and oxygen atoms in total. The van der Waals surface area contributed by atoms with E-state index in [9.17, 15) is 9.59 Å². The Morgan fingerprint density at radius 2 is 1.80 bits per heavy atom. The first kappa shape index (κ1) is 20.8. The second-order valence-electron chi connectivity index (χ2n) is 6.28. The minimum Gasteiger partial charge on any atom is -0.497 e. The fraction of sp³-hybridized carbons (Fsp3) is 0.182. The van der Waals surface area contributed by atoms with Crippen molar-refractivity contribution < 1.29 is 23.5 Å². The molecule has 0 unspecified atom stereocenters. The van der Waals surface area contributed by atoms with E-state index in [-0.39, 0.29) is 24.9 Å². The van der Waals surface area contributed by atoms with E-state index >= 15 is 0 Å². The number of amides is 2. The predicted molar refractivity (Wildman–Crippen MR) is 113 cm³/mol. The maximum absolute atomic E-state index is 12.5. The highest BCUT2D eigenvalue weighted by Crippen LogP contribution is 2.29. The number of furan rings is 1. The molecule has 0 saturated heterocycles. The van der Waals surface area contributed by atoms with E-state index in [0.717, 1.165) is 0 Å². The molecule has 30 heavy (non-hydrogen) atoms.